The molecule has 0 aromatic carbocycles. The number of alkyl halides is 3. The van der Waals surface area contributed by atoms with Crippen LogP contribution in [0.4, 0.5) is 13.2 Å². The molecular weight excluding hydrogens is 299 g/mol. The summed E-state index contributed by atoms with van der Waals surface area (Å²) in [5, 5.41) is 7.53. The van der Waals surface area contributed by atoms with Crippen LogP contribution < -0.4 is 0 Å². The number of thioether (sulfide) groups is 1. The SMILES string of the molecule is CCN1C(C(F)(F)F)=C(Br)SC1C(=O)O. The molecule has 0 aromatic heterocycles. The number of aliphatic carboxylic acids is 1. The lowest BCUT2D eigenvalue weighted by Gasteiger charge is -2.25. The summed E-state index contributed by atoms with van der Waals surface area (Å²) >= 11 is 3.39. The first kappa shape index (κ1) is 12.7. The second-order valence-electron chi connectivity index (χ2n) is 2.71. The van der Waals surface area contributed by atoms with Crippen LogP contribution in [-0.2, 0) is 4.79 Å². The van der Waals surface area contributed by atoms with Crippen LogP contribution in [0.3, 0.4) is 0 Å². The number of carboxylic acid groups (broad SMARTS) is 1. The molecule has 1 atom stereocenters. The molecule has 1 aliphatic heterocycles. The number of halogens is 4. The maximum absolute atomic E-state index is 12.5. The van der Waals surface area contributed by atoms with Crippen LogP contribution in [0.1, 0.15) is 6.92 Å². The largest absolute Gasteiger partial charge is 0.479 e. The highest BCUT2D eigenvalue weighted by Crippen LogP contribution is 2.47. The van der Waals surface area contributed by atoms with Crippen LogP contribution in [0.5, 0.6) is 0 Å². The van der Waals surface area contributed by atoms with Gasteiger partial charge in [-0.15, -0.1) is 0 Å². The highest BCUT2D eigenvalue weighted by atomic mass is 79.9. The predicted octanol–water partition coefficient (Wildman–Crippen LogP) is 2.59. The van der Waals surface area contributed by atoms with E-state index in [1.54, 1.807) is 0 Å². The smallest absolute Gasteiger partial charge is 0.432 e. The van der Waals surface area contributed by atoms with Crippen LogP contribution in [-0.4, -0.2) is 34.1 Å². The van der Waals surface area contributed by atoms with Gasteiger partial charge in [0, 0.05) is 6.54 Å². The summed E-state index contributed by atoms with van der Waals surface area (Å²) in [5.74, 6) is -1.28. The number of carboxylic acids is 1. The van der Waals surface area contributed by atoms with Crippen LogP contribution in [0.15, 0.2) is 9.51 Å². The van der Waals surface area contributed by atoms with Gasteiger partial charge in [0.15, 0.2) is 5.37 Å². The third-order valence-electron chi connectivity index (χ3n) is 1.79. The van der Waals surface area contributed by atoms with E-state index in [4.69, 9.17) is 5.11 Å². The Hall–Kier alpha value is -0.370. The molecule has 0 fully saturated rings. The van der Waals surface area contributed by atoms with Gasteiger partial charge in [-0.2, -0.15) is 13.2 Å². The molecule has 0 aliphatic carbocycles. The van der Waals surface area contributed by atoms with Crippen LogP contribution in [0, 0.1) is 0 Å². The molecular formula is C7H7BrF3NO2S. The lowest BCUT2D eigenvalue weighted by Crippen LogP contribution is -2.38. The molecule has 86 valence electrons. The number of allylic oxidation sites excluding steroid dienone is 1. The van der Waals surface area contributed by atoms with E-state index in [1.165, 1.54) is 6.92 Å². The Kier molecular flexibility index (Phi) is 3.59. The second kappa shape index (κ2) is 4.25. The second-order valence-corrected chi connectivity index (χ2v) is 5.12. The summed E-state index contributed by atoms with van der Waals surface area (Å²) in [6, 6.07) is 0. The number of hydrogen-bond acceptors (Lipinski definition) is 3. The van der Waals surface area contributed by atoms with Crippen molar-refractivity contribution >= 4 is 33.7 Å². The predicted molar refractivity (Wildman–Crippen MR) is 53.4 cm³/mol. The molecule has 0 bridgehead atoms. The molecule has 3 nitrogen and oxygen atoms in total. The maximum Gasteiger partial charge on any atom is 0.432 e. The number of rotatable bonds is 2. The summed E-state index contributed by atoms with van der Waals surface area (Å²) < 4.78 is 37.5. The zero-order valence-electron chi connectivity index (χ0n) is 7.51. The minimum absolute atomic E-state index is 0.00604. The van der Waals surface area contributed by atoms with E-state index in [0.717, 1.165) is 4.90 Å². The normalized spacial score (nSPS) is 22.5. The summed E-state index contributed by atoms with van der Waals surface area (Å²) in [6.45, 7) is 1.47. The fraction of sp³-hybridized carbons (Fsp3) is 0.571. The van der Waals surface area contributed by atoms with Gasteiger partial charge in [0.05, 0.1) is 3.81 Å². The van der Waals surface area contributed by atoms with E-state index in [2.05, 4.69) is 15.9 Å². The Labute approximate surface area is 96.4 Å². The number of hydrogen-bond donors (Lipinski definition) is 1. The molecule has 1 N–H and O–H groups in total. The molecule has 0 saturated heterocycles. The maximum atomic E-state index is 12.5. The third-order valence-corrected chi connectivity index (χ3v) is 3.81. The monoisotopic (exact) mass is 305 g/mol. The fourth-order valence-corrected chi connectivity index (χ4v) is 3.24. The van der Waals surface area contributed by atoms with Gasteiger partial charge >= 0.3 is 12.1 Å². The van der Waals surface area contributed by atoms with E-state index >= 15 is 0 Å². The molecule has 1 rings (SSSR count). The van der Waals surface area contributed by atoms with Crippen LogP contribution >= 0.6 is 27.7 Å². The van der Waals surface area contributed by atoms with Gasteiger partial charge in [-0.1, -0.05) is 11.8 Å². The first-order valence-electron chi connectivity index (χ1n) is 3.92. The summed E-state index contributed by atoms with van der Waals surface area (Å²) in [4.78, 5) is 11.5. The van der Waals surface area contributed by atoms with E-state index in [0.29, 0.717) is 11.8 Å². The minimum atomic E-state index is -4.54. The van der Waals surface area contributed by atoms with Crippen LogP contribution in [0.25, 0.3) is 0 Å². The third kappa shape index (κ3) is 2.41. The van der Waals surface area contributed by atoms with Gasteiger partial charge in [-0.05, 0) is 22.9 Å². The lowest BCUT2D eigenvalue weighted by molar-refractivity contribution is -0.142. The summed E-state index contributed by atoms with van der Waals surface area (Å²) in [5.41, 5.74) is -0.914. The molecule has 0 saturated carbocycles. The van der Waals surface area contributed by atoms with Crippen molar-refractivity contribution in [1.82, 2.24) is 4.90 Å². The Morgan fingerprint density at radius 2 is 2.20 bits per heavy atom. The Balaban J connectivity index is 3.05. The molecule has 1 heterocycles. The van der Waals surface area contributed by atoms with E-state index in [-0.39, 0.29) is 10.4 Å². The molecule has 15 heavy (non-hydrogen) atoms. The minimum Gasteiger partial charge on any atom is -0.479 e. The average Bonchev–Trinajstić information content (AvgIpc) is 2.41. The first-order valence-corrected chi connectivity index (χ1v) is 5.59. The van der Waals surface area contributed by atoms with Gasteiger partial charge < -0.3 is 10.0 Å². The summed E-state index contributed by atoms with van der Waals surface area (Å²) in [7, 11) is 0. The van der Waals surface area contributed by atoms with E-state index < -0.39 is 23.2 Å². The Morgan fingerprint density at radius 3 is 2.53 bits per heavy atom. The van der Waals surface area contributed by atoms with Gasteiger partial charge in [0.2, 0.25) is 0 Å². The van der Waals surface area contributed by atoms with Crippen molar-refractivity contribution in [2.24, 2.45) is 0 Å². The van der Waals surface area contributed by atoms with Crippen molar-refractivity contribution in [1.29, 1.82) is 0 Å². The molecule has 0 spiro atoms. The first-order chi connectivity index (χ1) is 6.79. The highest BCUT2D eigenvalue weighted by molar-refractivity contribution is 9.14. The van der Waals surface area contributed by atoms with E-state index in [1.807, 2.05) is 0 Å². The summed E-state index contributed by atoms with van der Waals surface area (Å²) in [6.07, 6.45) is -4.54. The van der Waals surface area contributed by atoms with Crippen molar-refractivity contribution in [2.45, 2.75) is 18.5 Å². The Bertz CT molecular complexity index is 318. The van der Waals surface area contributed by atoms with Crippen molar-refractivity contribution in [3.8, 4) is 0 Å². The molecule has 0 aromatic rings. The topological polar surface area (TPSA) is 40.5 Å². The standard InChI is InChI=1S/C7H7BrF3NO2S/c1-2-12-3(7(9,10)11)4(8)15-5(12)6(13)14/h5H,2H2,1H3,(H,13,14). The highest BCUT2D eigenvalue weighted by Gasteiger charge is 2.48. The Morgan fingerprint density at radius 1 is 1.67 bits per heavy atom. The van der Waals surface area contributed by atoms with Crippen molar-refractivity contribution < 1.29 is 23.1 Å². The van der Waals surface area contributed by atoms with Gasteiger partial charge in [0.1, 0.15) is 5.70 Å². The lowest BCUT2D eigenvalue weighted by atomic mass is 10.3. The average molecular weight is 306 g/mol. The number of nitrogens with zero attached hydrogens (tertiary/aromatic N) is 1. The quantitative estimate of drug-likeness (QED) is 0.851. The number of likely N-dealkylation sites (N-methyl/N-ethyl adjacent to an activating group) is 1. The molecule has 8 heteroatoms. The van der Waals surface area contributed by atoms with Gasteiger partial charge in [-0.3, -0.25) is 0 Å². The van der Waals surface area contributed by atoms with E-state index in [9.17, 15) is 18.0 Å². The van der Waals surface area contributed by atoms with Crippen LogP contribution in [0.2, 0.25) is 0 Å². The zero-order valence-corrected chi connectivity index (χ0v) is 9.91. The molecule has 1 aliphatic rings. The van der Waals surface area contributed by atoms with Gasteiger partial charge in [-0.25, -0.2) is 4.79 Å². The fourth-order valence-electron chi connectivity index (χ4n) is 1.23. The molecule has 1 unspecified atom stereocenters. The number of carbonyl (C=O) groups is 1. The van der Waals surface area contributed by atoms with Crippen molar-refractivity contribution in [3.63, 3.8) is 0 Å². The molecule has 0 amide bonds. The zero-order chi connectivity index (χ0) is 11.8. The molecule has 0 radical (unpaired) electrons. The van der Waals surface area contributed by atoms with Gasteiger partial charge in [0.25, 0.3) is 0 Å². The van der Waals surface area contributed by atoms with Crippen molar-refractivity contribution in [3.05, 3.63) is 9.51 Å². The van der Waals surface area contributed by atoms with Crippen molar-refractivity contribution in [2.75, 3.05) is 6.54 Å².